The molecule has 1 saturated heterocycles. The zero-order valence-electron chi connectivity index (χ0n) is 21.4. The lowest BCUT2D eigenvalue weighted by Gasteiger charge is -2.43. The summed E-state index contributed by atoms with van der Waals surface area (Å²) in [6.07, 6.45) is 7.03. The summed E-state index contributed by atoms with van der Waals surface area (Å²) in [7, 11) is 0. The monoisotopic (exact) mass is 458 g/mol. The maximum absolute atomic E-state index is 12.9. The number of carbonyl (C=O) groups is 2. The van der Waals surface area contributed by atoms with Gasteiger partial charge in [-0.15, -0.1) is 0 Å². The first-order valence-electron chi connectivity index (χ1n) is 12.3. The predicted molar refractivity (Wildman–Crippen MR) is 141 cm³/mol. The van der Waals surface area contributed by atoms with Gasteiger partial charge in [-0.1, -0.05) is 76.2 Å². The molecule has 4 heteroatoms. The highest BCUT2D eigenvalue weighted by Gasteiger charge is 2.32. The Kier molecular flexibility index (Phi) is 8.49. The highest BCUT2D eigenvalue weighted by Crippen LogP contribution is 2.19. The number of carbonyl (C=O) groups excluding carboxylic acids is 2. The summed E-state index contributed by atoms with van der Waals surface area (Å²) in [6.45, 7) is 13.7. The van der Waals surface area contributed by atoms with Crippen LogP contribution in [0, 0.1) is 0 Å². The molecule has 2 unspecified atom stereocenters. The van der Waals surface area contributed by atoms with E-state index < -0.39 is 0 Å². The van der Waals surface area contributed by atoms with E-state index in [0.717, 1.165) is 11.1 Å². The van der Waals surface area contributed by atoms with Crippen LogP contribution in [0.1, 0.15) is 75.6 Å². The van der Waals surface area contributed by atoms with Crippen molar-refractivity contribution in [1.29, 1.82) is 0 Å². The maximum atomic E-state index is 12.9. The van der Waals surface area contributed by atoms with Crippen LogP contribution in [0.15, 0.2) is 60.7 Å². The number of amides is 2. The predicted octanol–water partition coefficient (Wildman–Crippen LogP) is 6.11. The van der Waals surface area contributed by atoms with Crippen LogP contribution in [-0.4, -0.2) is 46.8 Å². The summed E-state index contributed by atoms with van der Waals surface area (Å²) in [6, 6.07) is 16.5. The van der Waals surface area contributed by atoms with Crippen LogP contribution >= 0.6 is 0 Å². The molecule has 2 aromatic rings. The number of nitrogens with zero attached hydrogens (tertiary/aromatic N) is 2. The van der Waals surface area contributed by atoms with Crippen LogP contribution < -0.4 is 0 Å². The molecule has 2 amide bonds. The Hall–Kier alpha value is -3.14. The zero-order chi connectivity index (χ0) is 24.8. The van der Waals surface area contributed by atoms with Gasteiger partial charge in [0.2, 0.25) is 11.8 Å². The molecule has 0 aliphatic carbocycles. The first-order valence-corrected chi connectivity index (χ1v) is 12.3. The van der Waals surface area contributed by atoms with Crippen LogP contribution in [0.25, 0.3) is 12.2 Å². The van der Waals surface area contributed by atoms with E-state index >= 15 is 0 Å². The van der Waals surface area contributed by atoms with E-state index in [1.165, 1.54) is 11.1 Å². The molecular formula is C30H38N2O2. The molecule has 0 N–H and O–H groups in total. The molecule has 3 rings (SSSR count). The van der Waals surface area contributed by atoms with Crippen molar-refractivity contribution in [3.05, 3.63) is 82.9 Å². The SMILES string of the molecule is CC(C)c1ccc(/C=C/C(=O)N2CC(C)N(C(=O)/C=C/c3ccc(C(C)C)cc3)CC2C)cc1. The van der Waals surface area contributed by atoms with Crippen LogP contribution in [0.5, 0.6) is 0 Å². The molecule has 34 heavy (non-hydrogen) atoms. The minimum Gasteiger partial charge on any atom is -0.333 e. The van der Waals surface area contributed by atoms with E-state index in [4.69, 9.17) is 0 Å². The Labute approximate surface area is 205 Å². The van der Waals surface area contributed by atoms with Gasteiger partial charge < -0.3 is 9.80 Å². The second-order valence-electron chi connectivity index (χ2n) is 9.99. The molecule has 0 bridgehead atoms. The highest BCUT2D eigenvalue weighted by molar-refractivity contribution is 5.94. The van der Waals surface area contributed by atoms with Crippen molar-refractivity contribution < 1.29 is 9.59 Å². The minimum absolute atomic E-state index is 0.0137. The van der Waals surface area contributed by atoms with Crippen molar-refractivity contribution in [2.24, 2.45) is 0 Å². The van der Waals surface area contributed by atoms with E-state index in [-0.39, 0.29) is 23.9 Å². The first-order chi connectivity index (χ1) is 16.2. The molecule has 2 atom stereocenters. The second-order valence-corrected chi connectivity index (χ2v) is 9.99. The lowest BCUT2D eigenvalue weighted by molar-refractivity contribution is -0.139. The van der Waals surface area contributed by atoms with Crippen molar-refractivity contribution >= 4 is 24.0 Å². The van der Waals surface area contributed by atoms with E-state index in [1.807, 2.05) is 60.1 Å². The number of benzene rings is 2. The summed E-state index contributed by atoms with van der Waals surface area (Å²) >= 11 is 0. The molecule has 1 heterocycles. The average molecular weight is 459 g/mol. The van der Waals surface area contributed by atoms with Gasteiger partial charge in [0.05, 0.1) is 0 Å². The Morgan fingerprint density at radius 2 is 1.00 bits per heavy atom. The Morgan fingerprint density at radius 3 is 1.29 bits per heavy atom. The topological polar surface area (TPSA) is 40.6 Å². The van der Waals surface area contributed by atoms with Gasteiger partial charge in [-0.3, -0.25) is 9.59 Å². The molecule has 180 valence electrons. The number of rotatable bonds is 6. The van der Waals surface area contributed by atoms with Crippen molar-refractivity contribution in [2.75, 3.05) is 13.1 Å². The number of piperazine rings is 1. The summed E-state index contributed by atoms with van der Waals surface area (Å²) in [5, 5.41) is 0. The molecule has 2 aromatic carbocycles. The van der Waals surface area contributed by atoms with Crippen LogP contribution in [0.3, 0.4) is 0 Å². The van der Waals surface area contributed by atoms with Gasteiger partial charge >= 0.3 is 0 Å². The van der Waals surface area contributed by atoms with Crippen LogP contribution in [-0.2, 0) is 9.59 Å². The maximum Gasteiger partial charge on any atom is 0.246 e. The Bertz CT molecular complexity index is 947. The molecule has 0 saturated carbocycles. The van der Waals surface area contributed by atoms with Crippen LogP contribution in [0.4, 0.5) is 0 Å². The fourth-order valence-electron chi connectivity index (χ4n) is 4.25. The Morgan fingerprint density at radius 1 is 0.676 bits per heavy atom. The van der Waals surface area contributed by atoms with Gasteiger partial charge in [0.25, 0.3) is 0 Å². The van der Waals surface area contributed by atoms with Gasteiger partial charge in [0, 0.05) is 37.3 Å². The van der Waals surface area contributed by atoms with Gasteiger partial charge in [0.1, 0.15) is 0 Å². The number of hydrogen-bond acceptors (Lipinski definition) is 2. The lowest BCUT2D eigenvalue weighted by atomic mass is 10.0. The molecule has 0 aromatic heterocycles. The second kappa shape index (κ2) is 11.3. The molecule has 4 nitrogen and oxygen atoms in total. The number of hydrogen-bond donors (Lipinski definition) is 0. The smallest absolute Gasteiger partial charge is 0.246 e. The highest BCUT2D eigenvalue weighted by atomic mass is 16.2. The van der Waals surface area contributed by atoms with Gasteiger partial charge in [-0.25, -0.2) is 0 Å². The van der Waals surface area contributed by atoms with Crippen molar-refractivity contribution in [2.45, 2.75) is 65.5 Å². The zero-order valence-corrected chi connectivity index (χ0v) is 21.4. The normalized spacial score (nSPS) is 19.1. The lowest BCUT2D eigenvalue weighted by Crippen LogP contribution is -2.59. The van der Waals surface area contributed by atoms with Crippen LogP contribution in [0.2, 0.25) is 0 Å². The fourth-order valence-corrected chi connectivity index (χ4v) is 4.25. The van der Waals surface area contributed by atoms with E-state index in [1.54, 1.807) is 12.2 Å². The summed E-state index contributed by atoms with van der Waals surface area (Å²) in [5.41, 5.74) is 4.60. The van der Waals surface area contributed by atoms with Gasteiger partial charge in [-0.2, -0.15) is 0 Å². The third-order valence-electron chi connectivity index (χ3n) is 6.60. The Balaban J connectivity index is 1.59. The quantitative estimate of drug-likeness (QED) is 0.490. The van der Waals surface area contributed by atoms with E-state index in [2.05, 4.69) is 52.0 Å². The summed E-state index contributed by atoms with van der Waals surface area (Å²) in [4.78, 5) is 29.5. The third kappa shape index (κ3) is 6.47. The standard InChI is InChI=1S/C30H38N2O2/c1-21(2)27-13-7-25(8-14-27)11-17-29(33)31-19-24(6)32(20-23(31)5)30(34)18-12-26-9-15-28(16-10-26)22(3)4/h7-18,21-24H,19-20H2,1-6H3/b17-11+,18-12+. The van der Waals surface area contributed by atoms with Crippen molar-refractivity contribution in [1.82, 2.24) is 9.80 Å². The summed E-state index contributed by atoms with van der Waals surface area (Å²) < 4.78 is 0. The van der Waals surface area contributed by atoms with E-state index in [0.29, 0.717) is 24.9 Å². The van der Waals surface area contributed by atoms with E-state index in [9.17, 15) is 9.59 Å². The first kappa shape index (κ1) is 25.5. The summed E-state index contributed by atoms with van der Waals surface area (Å²) in [5.74, 6) is 0.947. The molecule has 1 aliphatic heterocycles. The molecule has 0 radical (unpaired) electrons. The minimum atomic E-state index is -0.0423. The van der Waals surface area contributed by atoms with Crippen molar-refractivity contribution in [3.8, 4) is 0 Å². The fraction of sp³-hybridized carbons (Fsp3) is 0.400. The molecular weight excluding hydrogens is 420 g/mol. The third-order valence-corrected chi connectivity index (χ3v) is 6.60. The average Bonchev–Trinajstić information content (AvgIpc) is 2.82. The van der Waals surface area contributed by atoms with Gasteiger partial charge in [-0.05, 0) is 60.1 Å². The molecule has 1 fully saturated rings. The largest absolute Gasteiger partial charge is 0.333 e. The van der Waals surface area contributed by atoms with Gasteiger partial charge in [0.15, 0.2) is 0 Å². The molecule has 0 spiro atoms. The van der Waals surface area contributed by atoms with Crippen molar-refractivity contribution in [3.63, 3.8) is 0 Å². The molecule has 1 aliphatic rings.